The molecule has 0 unspecified atom stereocenters. The monoisotopic (exact) mass is 338 g/mol. The highest BCUT2D eigenvalue weighted by molar-refractivity contribution is 5.77. The first-order chi connectivity index (χ1) is 12.0. The van der Waals surface area contributed by atoms with E-state index in [-0.39, 0.29) is 12.1 Å². The Morgan fingerprint density at radius 2 is 2.12 bits per heavy atom. The average Bonchev–Trinajstić information content (AvgIpc) is 2.94. The van der Waals surface area contributed by atoms with Gasteiger partial charge in [0.25, 0.3) is 0 Å². The molecule has 0 fully saturated rings. The minimum atomic E-state index is -0.0525. The molecule has 132 valence electrons. The molecule has 1 aromatic carbocycles. The molecule has 5 heteroatoms. The van der Waals surface area contributed by atoms with Crippen molar-refractivity contribution < 1.29 is 4.79 Å². The van der Waals surface area contributed by atoms with Gasteiger partial charge >= 0.3 is 6.03 Å². The number of hydrogen-bond acceptors (Lipinski definition) is 2. The number of amides is 2. The second-order valence-corrected chi connectivity index (χ2v) is 6.77. The van der Waals surface area contributed by atoms with Crippen LogP contribution in [0.15, 0.2) is 36.5 Å². The van der Waals surface area contributed by atoms with Crippen LogP contribution in [0.3, 0.4) is 0 Å². The molecule has 5 nitrogen and oxygen atoms in total. The first-order valence-electron chi connectivity index (χ1n) is 8.75. The lowest BCUT2D eigenvalue weighted by Gasteiger charge is -2.28. The summed E-state index contributed by atoms with van der Waals surface area (Å²) in [6.45, 7) is 7.51. The van der Waals surface area contributed by atoms with Crippen molar-refractivity contribution >= 4 is 11.6 Å². The Bertz CT molecular complexity index is 806. The highest BCUT2D eigenvalue weighted by Gasteiger charge is 2.21. The molecule has 0 saturated carbocycles. The molecule has 0 spiro atoms. The van der Waals surface area contributed by atoms with Crippen molar-refractivity contribution in [3.05, 3.63) is 58.9 Å². The van der Waals surface area contributed by atoms with Crippen LogP contribution < -0.4 is 5.32 Å². The van der Waals surface area contributed by atoms with Crippen LogP contribution in [-0.2, 0) is 7.05 Å². The van der Waals surface area contributed by atoms with Crippen LogP contribution in [-0.4, -0.2) is 33.8 Å². The van der Waals surface area contributed by atoms with Gasteiger partial charge in [-0.2, -0.15) is 5.10 Å². The summed E-state index contributed by atoms with van der Waals surface area (Å²) in [5, 5.41) is 7.34. The molecule has 1 aliphatic heterocycles. The first-order valence-corrected chi connectivity index (χ1v) is 8.75. The molecular weight excluding hydrogens is 312 g/mol. The molecule has 0 aliphatic carbocycles. The van der Waals surface area contributed by atoms with Gasteiger partial charge in [0.1, 0.15) is 0 Å². The van der Waals surface area contributed by atoms with E-state index in [0.717, 1.165) is 24.2 Å². The number of nitrogens with one attached hydrogen (secondary N) is 1. The maximum absolute atomic E-state index is 12.6. The summed E-state index contributed by atoms with van der Waals surface area (Å²) in [6, 6.07) is 8.46. The summed E-state index contributed by atoms with van der Waals surface area (Å²) in [6.07, 6.45) is 4.88. The molecule has 1 N–H and O–H groups in total. The molecule has 2 amide bonds. The minimum Gasteiger partial charge on any atom is -0.331 e. The number of urea groups is 1. The van der Waals surface area contributed by atoms with E-state index in [2.05, 4.69) is 47.7 Å². The van der Waals surface area contributed by atoms with Gasteiger partial charge in [0, 0.05) is 31.4 Å². The molecule has 0 bridgehead atoms. The van der Waals surface area contributed by atoms with E-state index in [4.69, 9.17) is 0 Å². The standard InChI is InChI=1S/C20H26N4O/c1-14-6-5-7-18(12-14)17-8-10-24(11-9-17)20(25)22-15(2)19-13-21-23(4)16(19)3/h5-8,12-13,15H,9-11H2,1-4H3,(H,22,25)/t15-/m1/s1. The van der Waals surface area contributed by atoms with E-state index in [1.165, 1.54) is 16.7 Å². The second kappa shape index (κ2) is 7.13. The number of carbonyl (C=O) groups excluding carboxylic acids is 1. The lowest BCUT2D eigenvalue weighted by molar-refractivity contribution is 0.199. The van der Waals surface area contributed by atoms with Gasteiger partial charge in [-0.1, -0.05) is 35.9 Å². The Hall–Kier alpha value is -2.56. The van der Waals surface area contributed by atoms with Crippen LogP contribution in [0, 0.1) is 13.8 Å². The molecule has 2 heterocycles. The summed E-state index contributed by atoms with van der Waals surface area (Å²) >= 11 is 0. The fourth-order valence-electron chi connectivity index (χ4n) is 3.26. The Kier molecular flexibility index (Phi) is 4.93. The molecule has 2 aromatic rings. The van der Waals surface area contributed by atoms with E-state index >= 15 is 0 Å². The molecule has 25 heavy (non-hydrogen) atoms. The molecule has 0 saturated heterocycles. The van der Waals surface area contributed by atoms with Gasteiger partial charge in [0.05, 0.1) is 12.2 Å². The summed E-state index contributed by atoms with van der Waals surface area (Å²) in [7, 11) is 1.91. The minimum absolute atomic E-state index is 0.0182. The fourth-order valence-corrected chi connectivity index (χ4v) is 3.26. The van der Waals surface area contributed by atoms with Crippen molar-refractivity contribution in [3.8, 4) is 0 Å². The van der Waals surface area contributed by atoms with E-state index in [9.17, 15) is 4.79 Å². The summed E-state index contributed by atoms with van der Waals surface area (Å²) in [5.41, 5.74) is 5.99. The van der Waals surface area contributed by atoms with Gasteiger partial charge in [-0.15, -0.1) is 0 Å². The number of aromatic nitrogens is 2. The Balaban J connectivity index is 1.62. The number of carbonyl (C=O) groups is 1. The van der Waals surface area contributed by atoms with Crippen LogP contribution >= 0.6 is 0 Å². The maximum Gasteiger partial charge on any atom is 0.318 e. The molecule has 1 aromatic heterocycles. The summed E-state index contributed by atoms with van der Waals surface area (Å²) < 4.78 is 1.83. The lowest BCUT2D eigenvalue weighted by atomic mass is 9.98. The van der Waals surface area contributed by atoms with E-state index in [0.29, 0.717) is 6.54 Å². The zero-order chi connectivity index (χ0) is 18.0. The maximum atomic E-state index is 12.6. The normalized spacial score (nSPS) is 15.7. The Morgan fingerprint density at radius 1 is 1.32 bits per heavy atom. The van der Waals surface area contributed by atoms with Crippen LogP contribution in [0.4, 0.5) is 4.79 Å². The van der Waals surface area contributed by atoms with Crippen LogP contribution in [0.25, 0.3) is 5.57 Å². The topological polar surface area (TPSA) is 50.2 Å². The van der Waals surface area contributed by atoms with Gasteiger partial charge in [-0.05, 0) is 38.3 Å². The number of rotatable bonds is 3. The first kappa shape index (κ1) is 17.3. The van der Waals surface area contributed by atoms with Crippen molar-refractivity contribution in [2.45, 2.75) is 33.2 Å². The molecule has 1 aliphatic rings. The van der Waals surface area contributed by atoms with Gasteiger partial charge in [-0.3, -0.25) is 4.68 Å². The van der Waals surface area contributed by atoms with Gasteiger partial charge < -0.3 is 10.2 Å². The molecule has 0 radical (unpaired) electrons. The van der Waals surface area contributed by atoms with Gasteiger partial charge in [0.2, 0.25) is 0 Å². The quantitative estimate of drug-likeness (QED) is 0.930. The smallest absolute Gasteiger partial charge is 0.318 e. The van der Waals surface area contributed by atoms with Crippen molar-refractivity contribution in [1.29, 1.82) is 0 Å². The SMILES string of the molecule is Cc1cccc(C2=CCN(C(=O)N[C@H](C)c3cnn(C)c3C)CC2)c1. The predicted molar refractivity (Wildman–Crippen MR) is 100 cm³/mol. The average molecular weight is 338 g/mol. The number of benzene rings is 1. The van der Waals surface area contributed by atoms with Crippen LogP contribution in [0.1, 0.15) is 41.8 Å². The number of nitrogens with zero attached hydrogens (tertiary/aromatic N) is 3. The summed E-state index contributed by atoms with van der Waals surface area (Å²) in [4.78, 5) is 14.4. The Labute approximate surface area is 149 Å². The van der Waals surface area contributed by atoms with E-state index < -0.39 is 0 Å². The van der Waals surface area contributed by atoms with Crippen molar-refractivity contribution in [1.82, 2.24) is 20.0 Å². The zero-order valence-corrected chi connectivity index (χ0v) is 15.4. The van der Waals surface area contributed by atoms with Crippen LogP contribution in [0.2, 0.25) is 0 Å². The number of hydrogen-bond donors (Lipinski definition) is 1. The Morgan fingerprint density at radius 3 is 2.72 bits per heavy atom. The molecular formula is C20H26N4O. The highest BCUT2D eigenvalue weighted by atomic mass is 16.2. The van der Waals surface area contributed by atoms with Crippen molar-refractivity contribution in [2.75, 3.05) is 13.1 Å². The number of aryl methyl sites for hydroxylation is 2. The lowest BCUT2D eigenvalue weighted by Crippen LogP contribution is -2.43. The highest BCUT2D eigenvalue weighted by Crippen LogP contribution is 2.23. The van der Waals surface area contributed by atoms with Gasteiger partial charge in [-0.25, -0.2) is 4.79 Å². The second-order valence-electron chi connectivity index (χ2n) is 6.77. The third-order valence-corrected chi connectivity index (χ3v) is 4.96. The zero-order valence-electron chi connectivity index (χ0n) is 15.4. The predicted octanol–water partition coefficient (Wildman–Crippen LogP) is 3.60. The van der Waals surface area contributed by atoms with Crippen molar-refractivity contribution in [3.63, 3.8) is 0 Å². The third-order valence-electron chi connectivity index (χ3n) is 4.96. The summed E-state index contributed by atoms with van der Waals surface area (Å²) in [5.74, 6) is 0. The van der Waals surface area contributed by atoms with Crippen molar-refractivity contribution in [2.24, 2.45) is 7.05 Å². The molecule has 3 rings (SSSR count). The fraction of sp³-hybridized carbons (Fsp3) is 0.400. The van der Waals surface area contributed by atoms with E-state index in [1.807, 2.05) is 36.7 Å². The van der Waals surface area contributed by atoms with Crippen LogP contribution in [0.5, 0.6) is 0 Å². The van der Waals surface area contributed by atoms with E-state index in [1.54, 1.807) is 0 Å². The largest absolute Gasteiger partial charge is 0.331 e. The molecule has 1 atom stereocenters. The van der Waals surface area contributed by atoms with Gasteiger partial charge in [0.15, 0.2) is 0 Å². The third kappa shape index (κ3) is 3.76.